The van der Waals surface area contributed by atoms with E-state index in [0.29, 0.717) is 27.8 Å². The van der Waals surface area contributed by atoms with Gasteiger partial charge in [-0.1, -0.05) is 91.0 Å². The number of halogens is 2. The quantitative estimate of drug-likeness (QED) is 0.0838. The topological polar surface area (TPSA) is 107 Å². The van der Waals surface area contributed by atoms with Gasteiger partial charge in [0.05, 0.1) is 22.3 Å². The zero-order valence-electron chi connectivity index (χ0n) is 23.1. The zero-order chi connectivity index (χ0) is 30.8. The number of alkyl halides is 2. The second-order valence-electron chi connectivity index (χ2n) is 11.2. The highest BCUT2D eigenvalue weighted by atomic mass is 35.5. The van der Waals surface area contributed by atoms with Gasteiger partial charge in [0.15, 0.2) is 0 Å². The van der Waals surface area contributed by atoms with E-state index in [9.17, 15) is 24.5 Å². The highest BCUT2D eigenvalue weighted by Crippen LogP contribution is 2.69. The second kappa shape index (κ2) is 10.3. The van der Waals surface area contributed by atoms with Gasteiger partial charge in [-0.3, -0.25) is 24.6 Å². The van der Waals surface area contributed by atoms with Gasteiger partial charge >= 0.3 is 5.97 Å². The van der Waals surface area contributed by atoms with Crippen molar-refractivity contribution in [2.75, 3.05) is 0 Å². The number of benzene rings is 4. The van der Waals surface area contributed by atoms with Crippen LogP contribution in [0.1, 0.15) is 33.4 Å². The van der Waals surface area contributed by atoms with Crippen LogP contribution in [-0.4, -0.2) is 33.6 Å². The van der Waals surface area contributed by atoms with Crippen molar-refractivity contribution < 1.29 is 24.0 Å². The van der Waals surface area contributed by atoms with E-state index >= 15 is 0 Å². The number of nitro benzene ring substituents is 1. The fourth-order valence-corrected chi connectivity index (χ4v) is 8.27. The molecule has 1 fully saturated rings. The number of ether oxygens (including phenoxy) is 1. The SMILES string of the molecule is O=C(OCc1ccccc1[N+](=O)[O-])[C@@H](Cc1ccccc1)N1C(=O)[C@@H]2[C@H](C1=O)C1(Cl)c3ccccc3C2(Cl)c2ccccc21. The molecule has 4 aliphatic rings. The molecular weight excluding hydrogens is 603 g/mol. The van der Waals surface area contributed by atoms with Gasteiger partial charge in [0, 0.05) is 12.5 Å². The summed E-state index contributed by atoms with van der Waals surface area (Å²) in [4.78, 5) is 52.1. The Morgan fingerprint density at radius 3 is 1.73 bits per heavy atom. The predicted octanol–water partition coefficient (Wildman–Crippen LogP) is 5.84. The Morgan fingerprint density at radius 1 is 0.773 bits per heavy atom. The molecule has 1 heterocycles. The number of rotatable bonds is 7. The van der Waals surface area contributed by atoms with Crippen molar-refractivity contribution in [3.05, 3.63) is 147 Å². The van der Waals surface area contributed by atoms with E-state index in [2.05, 4.69) is 0 Å². The first-order chi connectivity index (χ1) is 21.2. The van der Waals surface area contributed by atoms with Crippen molar-refractivity contribution in [1.29, 1.82) is 0 Å². The molecule has 0 spiro atoms. The number of carbonyl (C=O) groups is 3. The van der Waals surface area contributed by atoms with Crippen LogP contribution in [0.2, 0.25) is 0 Å². The summed E-state index contributed by atoms with van der Waals surface area (Å²) in [7, 11) is 0. The molecular formula is C34H24Cl2N2O6. The molecule has 0 N–H and O–H groups in total. The van der Waals surface area contributed by atoms with E-state index < -0.39 is 56.9 Å². The van der Waals surface area contributed by atoms with E-state index in [1.54, 1.807) is 30.3 Å². The number of imide groups is 1. The van der Waals surface area contributed by atoms with Crippen molar-refractivity contribution >= 4 is 46.7 Å². The molecule has 1 saturated heterocycles. The molecule has 4 aromatic rings. The molecule has 4 aromatic carbocycles. The smallest absolute Gasteiger partial charge is 0.330 e. The first-order valence-electron chi connectivity index (χ1n) is 14.1. The first kappa shape index (κ1) is 28.3. The van der Waals surface area contributed by atoms with Gasteiger partial charge in [0.2, 0.25) is 11.8 Å². The van der Waals surface area contributed by atoms with Crippen LogP contribution in [0, 0.1) is 22.0 Å². The lowest BCUT2D eigenvalue weighted by Crippen LogP contribution is -2.57. The van der Waals surface area contributed by atoms with Crippen LogP contribution in [-0.2, 0) is 41.9 Å². The minimum absolute atomic E-state index is 0.0298. The van der Waals surface area contributed by atoms with Crippen molar-refractivity contribution in [1.82, 2.24) is 4.90 Å². The van der Waals surface area contributed by atoms with Gasteiger partial charge in [-0.15, -0.1) is 23.2 Å². The standard InChI is InChI=1S/C34H24Cl2N2O6/c35-33-22-13-5-6-14-23(22)34(36,25-16-8-7-15-24(25)33)29-28(33)30(39)37(31(29)40)27(18-20-10-2-1-3-11-20)32(41)44-19-21-12-4-9-17-26(21)38(42)43/h1-17,27-29H,18-19H2/t27-,28-,29+,33?,34?/m1/s1. The summed E-state index contributed by atoms with van der Waals surface area (Å²) in [5.74, 6) is -4.28. The number of carbonyl (C=O) groups excluding carboxylic acids is 3. The third kappa shape index (κ3) is 3.87. The summed E-state index contributed by atoms with van der Waals surface area (Å²) in [6.07, 6.45) is -0.0298. The van der Waals surface area contributed by atoms with E-state index in [0.717, 1.165) is 4.90 Å². The van der Waals surface area contributed by atoms with Gasteiger partial charge in [0.1, 0.15) is 22.4 Å². The molecule has 2 amide bonds. The van der Waals surface area contributed by atoms with Crippen molar-refractivity contribution in [3.63, 3.8) is 0 Å². The number of para-hydroxylation sites is 1. The number of nitrogens with zero attached hydrogens (tertiary/aromatic N) is 2. The molecule has 0 saturated carbocycles. The predicted molar refractivity (Wildman–Crippen MR) is 162 cm³/mol. The molecule has 44 heavy (non-hydrogen) atoms. The Labute approximate surface area is 262 Å². The van der Waals surface area contributed by atoms with Crippen molar-refractivity contribution in [2.45, 2.75) is 28.8 Å². The van der Waals surface area contributed by atoms with Crippen LogP contribution in [0.25, 0.3) is 0 Å². The van der Waals surface area contributed by atoms with E-state index in [1.165, 1.54) is 18.2 Å². The maximum absolute atomic E-state index is 14.5. The Hall–Kier alpha value is -4.53. The molecule has 2 bridgehead atoms. The summed E-state index contributed by atoms with van der Waals surface area (Å²) in [5, 5.41) is 11.5. The van der Waals surface area contributed by atoms with Gasteiger partial charge in [-0.25, -0.2) is 4.79 Å². The van der Waals surface area contributed by atoms with Crippen molar-refractivity contribution in [3.8, 4) is 0 Å². The number of hydrogen-bond donors (Lipinski definition) is 0. The summed E-state index contributed by atoms with van der Waals surface area (Å²) in [5.41, 5.74) is 3.26. The third-order valence-electron chi connectivity index (χ3n) is 9.03. The van der Waals surface area contributed by atoms with Crippen LogP contribution in [0.3, 0.4) is 0 Å². The first-order valence-corrected chi connectivity index (χ1v) is 14.8. The minimum atomic E-state index is -1.40. The van der Waals surface area contributed by atoms with E-state index in [1.807, 2.05) is 54.6 Å². The zero-order valence-corrected chi connectivity index (χ0v) is 24.6. The summed E-state index contributed by atoms with van der Waals surface area (Å²) in [6.45, 7) is -0.417. The van der Waals surface area contributed by atoms with Gasteiger partial charge < -0.3 is 4.74 Å². The largest absolute Gasteiger partial charge is 0.459 e. The van der Waals surface area contributed by atoms with Crippen LogP contribution in [0.15, 0.2) is 103 Å². The molecule has 8 rings (SSSR count). The average Bonchev–Trinajstić information content (AvgIpc) is 3.32. The number of esters is 1. The number of amides is 2. The highest BCUT2D eigenvalue weighted by molar-refractivity contribution is 6.36. The van der Waals surface area contributed by atoms with Crippen LogP contribution in [0.4, 0.5) is 5.69 Å². The highest BCUT2D eigenvalue weighted by Gasteiger charge is 2.73. The van der Waals surface area contributed by atoms with Crippen LogP contribution < -0.4 is 0 Å². The van der Waals surface area contributed by atoms with Crippen LogP contribution >= 0.6 is 23.2 Å². The summed E-state index contributed by atoms with van der Waals surface area (Å²) >= 11 is 15.1. The molecule has 8 nitrogen and oxygen atoms in total. The van der Waals surface area contributed by atoms with Gasteiger partial charge in [0.25, 0.3) is 5.69 Å². The molecule has 0 aromatic heterocycles. The molecule has 3 aliphatic carbocycles. The maximum atomic E-state index is 14.5. The second-order valence-corrected chi connectivity index (χ2v) is 12.4. The van der Waals surface area contributed by atoms with Gasteiger partial charge in [-0.2, -0.15) is 0 Å². The molecule has 1 aliphatic heterocycles. The number of nitro groups is 1. The minimum Gasteiger partial charge on any atom is -0.459 e. The fraction of sp³-hybridized carbons (Fsp3) is 0.206. The molecule has 220 valence electrons. The lowest BCUT2D eigenvalue weighted by atomic mass is 9.54. The lowest BCUT2D eigenvalue weighted by molar-refractivity contribution is -0.385. The van der Waals surface area contributed by atoms with E-state index in [-0.39, 0.29) is 17.7 Å². The Kier molecular flexibility index (Phi) is 6.60. The average molecular weight is 627 g/mol. The monoisotopic (exact) mass is 626 g/mol. The van der Waals surface area contributed by atoms with E-state index in [4.69, 9.17) is 27.9 Å². The third-order valence-corrected chi connectivity index (χ3v) is 10.3. The summed E-state index contributed by atoms with van der Waals surface area (Å²) < 4.78 is 5.60. The number of hydrogen-bond acceptors (Lipinski definition) is 6. The maximum Gasteiger partial charge on any atom is 0.330 e. The fourth-order valence-electron chi connectivity index (χ4n) is 7.17. The Balaban J connectivity index is 1.31. The van der Waals surface area contributed by atoms with Crippen LogP contribution in [0.5, 0.6) is 0 Å². The normalized spacial score (nSPS) is 25.2. The van der Waals surface area contributed by atoms with Crippen molar-refractivity contribution in [2.24, 2.45) is 11.8 Å². The Morgan fingerprint density at radius 2 is 1.23 bits per heavy atom. The molecule has 3 atom stereocenters. The number of likely N-dealkylation sites (tertiary alicyclic amines) is 1. The van der Waals surface area contributed by atoms with Gasteiger partial charge in [-0.05, 0) is 33.9 Å². The lowest BCUT2D eigenvalue weighted by Gasteiger charge is -2.54. The Bertz CT molecular complexity index is 1740. The molecule has 10 heteroatoms. The summed E-state index contributed by atoms with van der Waals surface area (Å²) in [6, 6.07) is 28.1. The molecule has 0 unspecified atom stereocenters. The molecule has 0 radical (unpaired) electrons.